The van der Waals surface area contributed by atoms with Crippen molar-refractivity contribution in [3.05, 3.63) is 40.5 Å². The van der Waals surface area contributed by atoms with E-state index >= 15 is 0 Å². The number of carbonyl (C=O) groups is 1. The number of rotatable bonds is 7. The van der Waals surface area contributed by atoms with E-state index in [9.17, 15) is 13.2 Å². The summed E-state index contributed by atoms with van der Waals surface area (Å²) in [6.07, 6.45) is 9.78. The van der Waals surface area contributed by atoms with Gasteiger partial charge < -0.3 is 0 Å². The lowest BCUT2D eigenvalue weighted by Crippen LogP contribution is -2.15. The van der Waals surface area contributed by atoms with Gasteiger partial charge in [-0.05, 0) is 31.2 Å². The molecule has 2 heterocycles. The van der Waals surface area contributed by atoms with E-state index in [0.29, 0.717) is 28.6 Å². The number of carbonyl (C=O) groups excluding carboxylic acids is 1. The van der Waals surface area contributed by atoms with Crippen LogP contribution >= 0.6 is 22.9 Å². The third-order valence-electron chi connectivity index (χ3n) is 4.59. The predicted octanol–water partition coefficient (Wildman–Crippen LogP) is 4.59. The first-order valence-corrected chi connectivity index (χ1v) is 12.1. The van der Waals surface area contributed by atoms with E-state index in [1.54, 1.807) is 18.5 Å². The zero-order valence-electron chi connectivity index (χ0n) is 15.5. The maximum Gasteiger partial charge on any atom is 0.257 e. The van der Waals surface area contributed by atoms with Gasteiger partial charge in [-0.25, -0.2) is 18.4 Å². The molecule has 0 saturated heterocycles. The average molecular weight is 440 g/mol. The van der Waals surface area contributed by atoms with Crippen LogP contribution in [0.5, 0.6) is 0 Å². The predicted molar refractivity (Wildman–Crippen MR) is 112 cm³/mol. The van der Waals surface area contributed by atoms with Gasteiger partial charge >= 0.3 is 0 Å². The van der Waals surface area contributed by atoms with Gasteiger partial charge in [-0.3, -0.25) is 10.1 Å². The third-order valence-corrected chi connectivity index (χ3v) is 7.53. The average Bonchev–Trinajstić information content (AvgIpc) is 3.33. The number of sulfone groups is 1. The molecule has 0 aromatic carbocycles. The smallest absolute Gasteiger partial charge is 0.257 e. The molecule has 0 unspecified atom stereocenters. The molecule has 0 spiro atoms. The van der Waals surface area contributed by atoms with Crippen molar-refractivity contribution in [1.82, 2.24) is 9.97 Å². The van der Waals surface area contributed by atoms with E-state index < -0.39 is 9.84 Å². The summed E-state index contributed by atoms with van der Waals surface area (Å²) in [6.45, 7) is 1.78. The quantitative estimate of drug-likeness (QED) is 0.637. The maximum absolute atomic E-state index is 12.9. The summed E-state index contributed by atoms with van der Waals surface area (Å²) in [5, 5.41) is 4.97. The van der Waals surface area contributed by atoms with Crippen molar-refractivity contribution in [2.24, 2.45) is 5.92 Å². The molecule has 3 rings (SSSR count). The minimum Gasteiger partial charge on any atom is -0.298 e. The number of hydrogen-bond donors (Lipinski definition) is 1. The summed E-state index contributed by atoms with van der Waals surface area (Å²) in [7, 11) is -3.54. The first kappa shape index (κ1) is 21.0. The third kappa shape index (κ3) is 4.98. The molecule has 1 aliphatic rings. The van der Waals surface area contributed by atoms with E-state index in [2.05, 4.69) is 15.3 Å². The fraction of sp³-hybridized carbons (Fsp3) is 0.421. The van der Waals surface area contributed by atoms with E-state index in [4.69, 9.17) is 11.6 Å². The topological polar surface area (TPSA) is 89.0 Å². The Balaban J connectivity index is 1.95. The lowest BCUT2D eigenvalue weighted by atomic mass is 9.99. The molecule has 1 N–H and O–H groups in total. The molecule has 1 fully saturated rings. The number of amides is 1. The highest BCUT2D eigenvalue weighted by molar-refractivity contribution is 7.91. The first-order chi connectivity index (χ1) is 13.4. The molecule has 2 aromatic heterocycles. The molecule has 1 aliphatic carbocycles. The number of nitrogens with zero attached hydrogens (tertiary/aromatic N) is 2. The van der Waals surface area contributed by atoms with Crippen LogP contribution in [0.25, 0.3) is 5.57 Å². The Morgan fingerprint density at radius 3 is 2.71 bits per heavy atom. The molecule has 0 bridgehead atoms. The number of anilines is 1. The second-order valence-corrected chi connectivity index (χ2v) is 10.1. The van der Waals surface area contributed by atoms with Crippen LogP contribution in [0.1, 0.15) is 44.6 Å². The Kier molecular flexibility index (Phi) is 6.85. The van der Waals surface area contributed by atoms with Crippen LogP contribution in [0, 0.1) is 5.92 Å². The molecule has 0 atom stereocenters. The lowest BCUT2D eigenvalue weighted by molar-refractivity contribution is -0.111. The van der Waals surface area contributed by atoms with Gasteiger partial charge in [0.2, 0.25) is 0 Å². The standard InChI is InChI=1S/C19H22ClN3O3S2/c1-2-9-28(25,26)18-16(20)11-14(12-22-18)15(10-13-5-3-4-6-13)17(24)23-19-21-7-8-27-19/h7-8,10-13H,2-6,9H2,1H3,(H,21,23,24)/b15-10+. The highest BCUT2D eigenvalue weighted by Crippen LogP contribution is 2.31. The van der Waals surface area contributed by atoms with Crippen LogP contribution in [-0.4, -0.2) is 30.0 Å². The zero-order valence-corrected chi connectivity index (χ0v) is 17.9. The van der Waals surface area contributed by atoms with Gasteiger partial charge in [0.1, 0.15) is 0 Å². The number of nitrogens with one attached hydrogen (secondary N) is 1. The lowest BCUT2D eigenvalue weighted by Gasteiger charge is -2.12. The van der Waals surface area contributed by atoms with Gasteiger partial charge in [-0.2, -0.15) is 0 Å². The molecule has 9 heteroatoms. The summed E-state index contributed by atoms with van der Waals surface area (Å²) in [5.41, 5.74) is 0.942. The molecule has 0 radical (unpaired) electrons. The fourth-order valence-corrected chi connectivity index (χ4v) is 5.62. The van der Waals surface area contributed by atoms with Gasteiger partial charge in [-0.1, -0.05) is 37.4 Å². The minimum absolute atomic E-state index is 0.0195. The molecule has 6 nitrogen and oxygen atoms in total. The van der Waals surface area contributed by atoms with Gasteiger partial charge in [0.05, 0.1) is 10.8 Å². The van der Waals surface area contributed by atoms with Crippen molar-refractivity contribution in [2.75, 3.05) is 11.1 Å². The van der Waals surface area contributed by atoms with E-state index in [1.807, 2.05) is 6.08 Å². The second kappa shape index (κ2) is 9.15. The first-order valence-electron chi connectivity index (χ1n) is 9.22. The highest BCUT2D eigenvalue weighted by Gasteiger charge is 2.23. The number of hydrogen-bond acceptors (Lipinski definition) is 6. The molecule has 0 aliphatic heterocycles. The zero-order chi connectivity index (χ0) is 20.1. The van der Waals surface area contributed by atoms with Crippen LogP contribution in [-0.2, 0) is 14.6 Å². The van der Waals surface area contributed by atoms with Gasteiger partial charge in [0.25, 0.3) is 5.91 Å². The summed E-state index contributed by atoms with van der Waals surface area (Å²) in [5.74, 6) is -0.0165. The van der Waals surface area contributed by atoms with E-state index in [0.717, 1.165) is 25.7 Å². The summed E-state index contributed by atoms with van der Waals surface area (Å²) in [6, 6.07) is 1.51. The van der Waals surface area contributed by atoms with E-state index in [1.165, 1.54) is 23.6 Å². The minimum atomic E-state index is -3.54. The van der Waals surface area contributed by atoms with Crippen LogP contribution in [0.2, 0.25) is 5.02 Å². The van der Waals surface area contributed by atoms with E-state index in [-0.39, 0.29) is 21.7 Å². The highest BCUT2D eigenvalue weighted by atomic mass is 35.5. The maximum atomic E-state index is 12.9. The number of thiazole rings is 1. The molecule has 28 heavy (non-hydrogen) atoms. The Hall–Kier alpha value is -1.77. The monoisotopic (exact) mass is 439 g/mol. The normalized spacial score (nSPS) is 15.7. The Morgan fingerprint density at radius 1 is 1.36 bits per heavy atom. The second-order valence-electron chi connectivity index (χ2n) is 6.75. The molecule has 1 amide bonds. The number of halogens is 1. The van der Waals surface area contributed by atoms with Crippen molar-refractivity contribution < 1.29 is 13.2 Å². The summed E-state index contributed by atoms with van der Waals surface area (Å²) < 4.78 is 24.6. The van der Waals surface area contributed by atoms with Crippen molar-refractivity contribution in [3.63, 3.8) is 0 Å². The number of allylic oxidation sites excluding steroid dienone is 1. The summed E-state index contributed by atoms with van der Waals surface area (Å²) in [4.78, 5) is 21.1. The van der Waals surface area contributed by atoms with Crippen LogP contribution < -0.4 is 5.32 Å². The van der Waals surface area contributed by atoms with Gasteiger partial charge in [0, 0.05) is 28.9 Å². The molecule has 150 valence electrons. The SMILES string of the molecule is CCCS(=O)(=O)c1ncc(/C(=C\C2CCCC2)C(=O)Nc2nccs2)cc1Cl. The Bertz CT molecular complexity index is 966. The van der Waals surface area contributed by atoms with Crippen molar-refractivity contribution in [2.45, 2.75) is 44.1 Å². The largest absolute Gasteiger partial charge is 0.298 e. The molecule has 1 saturated carbocycles. The number of pyridine rings is 1. The number of aromatic nitrogens is 2. The van der Waals surface area contributed by atoms with Crippen LogP contribution in [0.3, 0.4) is 0 Å². The molecular weight excluding hydrogens is 418 g/mol. The van der Waals surface area contributed by atoms with Crippen molar-refractivity contribution in [1.29, 1.82) is 0 Å². The Morgan fingerprint density at radius 2 is 2.11 bits per heavy atom. The Labute approximate surface area is 174 Å². The summed E-state index contributed by atoms with van der Waals surface area (Å²) >= 11 is 7.58. The van der Waals surface area contributed by atoms with Crippen LogP contribution in [0.4, 0.5) is 5.13 Å². The van der Waals surface area contributed by atoms with Gasteiger partial charge in [-0.15, -0.1) is 11.3 Å². The van der Waals surface area contributed by atoms with Crippen molar-refractivity contribution in [3.8, 4) is 0 Å². The van der Waals surface area contributed by atoms with Gasteiger partial charge in [0.15, 0.2) is 20.0 Å². The van der Waals surface area contributed by atoms with Crippen molar-refractivity contribution >= 4 is 49.4 Å². The molecular formula is C19H22ClN3O3S2. The fourth-order valence-electron chi connectivity index (χ4n) is 3.28. The van der Waals surface area contributed by atoms with Crippen LogP contribution in [0.15, 0.2) is 34.9 Å². The molecule has 2 aromatic rings.